The monoisotopic (exact) mass is 199 g/mol. The molecule has 0 bridgehead atoms. The van der Waals surface area contributed by atoms with E-state index in [9.17, 15) is 4.79 Å². The maximum absolute atomic E-state index is 11.5. The van der Waals surface area contributed by atoms with Gasteiger partial charge in [0.05, 0.1) is 17.1 Å². The lowest BCUT2D eigenvalue weighted by atomic mass is 10.3. The molecule has 0 aliphatic heterocycles. The van der Waals surface area contributed by atoms with Crippen LogP contribution in [0.2, 0.25) is 0 Å². The smallest absolute Gasteiger partial charge is 0.212 e. The number of hydrogen-bond donors (Lipinski definition) is 0. The van der Waals surface area contributed by atoms with Gasteiger partial charge in [0, 0.05) is 7.05 Å². The van der Waals surface area contributed by atoms with Crippen molar-refractivity contribution in [2.24, 2.45) is 7.05 Å². The summed E-state index contributed by atoms with van der Waals surface area (Å²) >= 11 is 0. The predicted molar refractivity (Wildman–Crippen MR) is 55.3 cm³/mol. The Labute approximate surface area is 86.8 Å². The molecule has 1 aromatic carbocycles. The summed E-state index contributed by atoms with van der Waals surface area (Å²) < 4.78 is 1.72. The second-order valence-corrected chi connectivity index (χ2v) is 3.24. The number of hydrogen-bond acceptors (Lipinski definition) is 3. The predicted octanol–water partition coefficient (Wildman–Crippen LogP) is 1.67. The number of aromatic nitrogens is 2. The van der Waals surface area contributed by atoms with E-state index in [-0.39, 0.29) is 12.2 Å². The zero-order valence-corrected chi connectivity index (χ0v) is 8.27. The van der Waals surface area contributed by atoms with E-state index in [1.165, 1.54) is 0 Å². The largest absolute Gasteiger partial charge is 0.325 e. The molecule has 0 saturated heterocycles. The van der Waals surface area contributed by atoms with Gasteiger partial charge in [-0.25, -0.2) is 4.98 Å². The summed E-state index contributed by atoms with van der Waals surface area (Å²) in [6.45, 7) is 0. The topological polar surface area (TPSA) is 58.7 Å². The number of ketones is 1. The Kier molecular flexibility index (Phi) is 2.22. The normalized spacial score (nSPS) is 10.1. The summed E-state index contributed by atoms with van der Waals surface area (Å²) in [6, 6.07) is 9.34. The van der Waals surface area contributed by atoms with Crippen LogP contribution in [0.25, 0.3) is 11.0 Å². The SMILES string of the molecule is Cn1c(C(=O)CC#N)nc2ccccc21. The fourth-order valence-corrected chi connectivity index (χ4v) is 1.55. The van der Waals surface area contributed by atoms with Crippen LogP contribution in [0.5, 0.6) is 0 Å². The van der Waals surface area contributed by atoms with Crippen molar-refractivity contribution in [2.75, 3.05) is 0 Å². The van der Waals surface area contributed by atoms with Crippen LogP contribution in [-0.2, 0) is 7.05 Å². The Hall–Kier alpha value is -2.15. The maximum atomic E-state index is 11.5. The van der Waals surface area contributed by atoms with Gasteiger partial charge in [-0.1, -0.05) is 12.1 Å². The molecule has 0 N–H and O–H groups in total. The molecular formula is C11H9N3O. The lowest BCUT2D eigenvalue weighted by Gasteiger charge is -1.97. The van der Waals surface area contributed by atoms with E-state index in [4.69, 9.17) is 5.26 Å². The van der Waals surface area contributed by atoms with E-state index in [0.717, 1.165) is 11.0 Å². The Morgan fingerprint density at radius 2 is 2.27 bits per heavy atom. The first kappa shape index (κ1) is 9.41. The van der Waals surface area contributed by atoms with Gasteiger partial charge in [-0.3, -0.25) is 4.79 Å². The molecule has 0 saturated carbocycles. The number of fused-ring (bicyclic) bond motifs is 1. The van der Waals surface area contributed by atoms with Crippen molar-refractivity contribution in [3.05, 3.63) is 30.1 Å². The van der Waals surface area contributed by atoms with Gasteiger partial charge < -0.3 is 4.57 Å². The summed E-state index contributed by atoms with van der Waals surface area (Å²) in [6.07, 6.45) is -0.128. The molecule has 0 fully saturated rings. The number of carbonyl (C=O) groups excluding carboxylic acids is 1. The van der Waals surface area contributed by atoms with Gasteiger partial charge in [0.2, 0.25) is 5.78 Å². The van der Waals surface area contributed by atoms with Crippen molar-refractivity contribution >= 4 is 16.8 Å². The van der Waals surface area contributed by atoms with Gasteiger partial charge in [0.25, 0.3) is 0 Å². The van der Waals surface area contributed by atoms with E-state index in [1.807, 2.05) is 30.3 Å². The minimum Gasteiger partial charge on any atom is -0.325 e. The molecule has 2 aromatic rings. The zero-order chi connectivity index (χ0) is 10.8. The van der Waals surface area contributed by atoms with E-state index >= 15 is 0 Å². The number of para-hydroxylation sites is 2. The molecule has 0 spiro atoms. The molecule has 1 aromatic heterocycles. The molecule has 15 heavy (non-hydrogen) atoms. The number of nitrogens with zero attached hydrogens (tertiary/aromatic N) is 3. The van der Waals surface area contributed by atoms with Gasteiger partial charge in [-0.15, -0.1) is 0 Å². The van der Waals surface area contributed by atoms with Crippen molar-refractivity contribution in [2.45, 2.75) is 6.42 Å². The zero-order valence-electron chi connectivity index (χ0n) is 8.27. The first-order chi connectivity index (χ1) is 7.24. The number of aryl methyl sites for hydroxylation is 1. The van der Waals surface area contributed by atoms with Crippen LogP contribution >= 0.6 is 0 Å². The van der Waals surface area contributed by atoms with Crippen molar-refractivity contribution in [3.63, 3.8) is 0 Å². The molecule has 1 heterocycles. The van der Waals surface area contributed by atoms with E-state index < -0.39 is 0 Å². The minimum atomic E-state index is -0.240. The highest BCUT2D eigenvalue weighted by Gasteiger charge is 2.13. The number of benzene rings is 1. The summed E-state index contributed by atoms with van der Waals surface area (Å²) in [5.74, 6) is 0.106. The standard InChI is InChI=1S/C11H9N3O/c1-14-9-5-3-2-4-8(9)13-11(14)10(15)6-7-12/h2-5H,6H2,1H3. The lowest BCUT2D eigenvalue weighted by molar-refractivity contribution is 0.0985. The number of rotatable bonds is 2. The molecule has 0 amide bonds. The van der Waals surface area contributed by atoms with Gasteiger partial charge in [0.1, 0.15) is 6.42 Å². The first-order valence-corrected chi connectivity index (χ1v) is 4.55. The molecule has 4 nitrogen and oxygen atoms in total. The summed E-state index contributed by atoms with van der Waals surface area (Å²) in [5.41, 5.74) is 1.68. The number of Topliss-reactive ketones (excluding diaryl/α,β-unsaturated/α-hetero) is 1. The maximum Gasteiger partial charge on any atom is 0.212 e. The Morgan fingerprint density at radius 1 is 1.53 bits per heavy atom. The number of nitriles is 1. The third-order valence-corrected chi connectivity index (χ3v) is 2.28. The highest BCUT2D eigenvalue weighted by Crippen LogP contribution is 2.14. The van der Waals surface area contributed by atoms with Crippen LogP contribution in [0.15, 0.2) is 24.3 Å². The van der Waals surface area contributed by atoms with E-state index in [2.05, 4.69) is 4.98 Å². The fourth-order valence-electron chi connectivity index (χ4n) is 1.55. The molecule has 0 unspecified atom stereocenters. The third-order valence-electron chi connectivity index (χ3n) is 2.28. The van der Waals surface area contributed by atoms with Crippen LogP contribution < -0.4 is 0 Å². The highest BCUT2D eigenvalue weighted by molar-refractivity contribution is 5.97. The number of imidazole rings is 1. The average Bonchev–Trinajstić information content (AvgIpc) is 2.57. The molecule has 4 heteroatoms. The minimum absolute atomic E-state index is 0.128. The third kappa shape index (κ3) is 1.48. The van der Waals surface area contributed by atoms with Crippen LogP contribution in [-0.4, -0.2) is 15.3 Å². The molecule has 0 atom stereocenters. The van der Waals surface area contributed by atoms with E-state index in [0.29, 0.717) is 5.82 Å². The lowest BCUT2D eigenvalue weighted by Crippen LogP contribution is -2.06. The molecule has 2 rings (SSSR count). The summed E-state index contributed by atoms with van der Waals surface area (Å²) in [5, 5.41) is 8.46. The summed E-state index contributed by atoms with van der Waals surface area (Å²) in [7, 11) is 1.78. The van der Waals surface area contributed by atoms with Gasteiger partial charge in [-0.2, -0.15) is 5.26 Å². The molecule has 0 aliphatic carbocycles. The first-order valence-electron chi connectivity index (χ1n) is 4.55. The molecular weight excluding hydrogens is 190 g/mol. The van der Waals surface area contributed by atoms with Crippen LogP contribution in [0.3, 0.4) is 0 Å². The Balaban J connectivity index is 2.59. The Bertz CT molecular complexity index is 563. The molecule has 0 radical (unpaired) electrons. The quantitative estimate of drug-likeness (QED) is 0.691. The average molecular weight is 199 g/mol. The van der Waals surface area contributed by atoms with Crippen molar-refractivity contribution in [3.8, 4) is 6.07 Å². The molecule has 74 valence electrons. The number of carbonyl (C=O) groups is 1. The highest BCUT2D eigenvalue weighted by atomic mass is 16.1. The van der Waals surface area contributed by atoms with Gasteiger partial charge in [0.15, 0.2) is 5.82 Å². The van der Waals surface area contributed by atoms with Gasteiger partial charge >= 0.3 is 0 Å². The second-order valence-electron chi connectivity index (χ2n) is 3.24. The van der Waals surface area contributed by atoms with Crippen LogP contribution in [0.4, 0.5) is 0 Å². The van der Waals surface area contributed by atoms with Crippen molar-refractivity contribution in [1.82, 2.24) is 9.55 Å². The van der Waals surface area contributed by atoms with Crippen molar-refractivity contribution in [1.29, 1.82) is 5.26 Å². The fraction of sp³-hybridized carbons (Fsp3) is 0.182. The Morgan fingerprint density at radius 3 is 2.93 bits per heavy atom. The summed E-state index contributed by atoms with van der Waals surface area (Å²) in [4.78, 5) is 15.7. The van der Waals surface area contributed by atoms with Gasteiger partial charge in [-0.05, 0) is 12.1 Å². The second kappa shape index (κ2) is 3.54. The van der Waals surface area contributed by atoms with Crippen molar-refractivity contribution < 1.29 is 4.79 Å². The van der Waals surface area contributed by atoms with E-state index in [1.54, 1.807) is 11.6 Å². The van der Waals surface area contributed by atoms with Crippen LogP contribution in [0.1, 0.15) is 17.0 Å². The molecule has 0 aliphatic rings. The van der Waals surface area contributed by atoms with Crippen LogP contribution in [0, 0.1) is 11.3 Å².